The zero-order valence-electron chi connectivity index (χ0n) is 22.3. The van der Waals surface area contributed by atoms with Crippen molar-refractivity contribution < 1.29 is 14.0 Å². The molecule has 3 rings (SSSR count). The Balaban J connectivity index is 0.00000106. The van der Waals surface area contributed by atoms with Crippen molar-refractivity contribution in [2.75, 3.05) is 26.2 Å². The molecule has 1 unspecified atom stereocenters. The number of nitrogens with one attached hydrogen (secondary N) is 2. The first-order chi connectivity index (χ1) is 17.4. The minimum absolute atomic E-state index is 0.00527. The average Bonchev–Trinajstić information content (AvgIpc) is 3.19. The highest BCUT2D eigenvalue weighted by Crippen LogP contribution is 2.29. The number of carbonyl (C=O) groups is 2. The summed E-state index contributed by atoms with van der Waals surface area (Å²) in [6, 6.07) is 14.9. The fraction of sp³-hybridized carbons (Fsp3) is 0.533. The smallest absolute Gasteiger partial charge is 0.317 e. The maximum absolute atomic E-state index is 13.4. The highest BCUT2D eigenvalue weighted by atomic mass is 19.1. The van der Waals surface area contributed by atoms with Gasteiger partial charge in [0.05, 0.1) is 6.54 Å². The van der Waals surface area contributed by atoms with Crippen LogP contribution in [0.5, 0.6) is 0 Å². The van der Waals surface area contributed by atoms with E-state index in [1.807, 2.05) is 12.1 Å². The van der Waals surface area contributed by atoms with Gasteiger partial charge in [-0.1, -0.05) is 81.5 Å². The standard InChI is InChI=1S/C26H34FN3O2.C4H10/c1-20-8-10-21(11-9-20)24(22-12-14-23(27)15-13-22)7-6-16-28-25(31)19-29-26(32)30-17-4-2-3-5-18-30;1-3-4-2/h8-15,24H,2-7,16-19H2,1H3,(H,28,31)(H,29,32);3-4H2,1-2H3. The second-order valence-electron chi connectivity index (χ2n) is 9.57. The number of likely N-dealkylation sites (tertiary alicyclic amines) is 1. The number of rotatable bonds is 9. The van der Waals surface area contributed by atoms with E-state index in [1.54, 1.807) is 4.90 Å². The van der Waals surface area contributed by atoms with Crippen LogP contribution >= 0.6 is 0 Å². The van der Waals surface area contributed by atoms with Crippen LogP contribution in [-0.4, -0.2) is 43.0 Å². The summed E-state index contributed by atoms with van der Waals surface area (Å²) in [5.74, 6) is -0.288. The summed E-state index contributed by atoms with van der Waals surface area (Å²) < 4.78 is 13.4. The van der Waals surface area contributed by atoms with Crippen molar-refractivity contribution in [2.24, 2.45) is 0 Å². The number of hydrogen-bond donors (Lipinski definition) is 2. The Morgan fingerprint density at radius 1 is 0.861 bits per heavy atom. The molecule has 5 nitrogen and oxygen atoms in total. The van der Waals surface area contributed by atoms with Crippen molar-refractivity contribution in [1.82, 2.24) is 15.5 Å². The van der Waals surface area contributed by atoms with Crippen LogP contribution in [-0.2, 0) is 4.79 Å². The molecular formula is C30H44FN3O2. The quantitative estimate of drug-likeness (QED) is 0.386. The normalized spacial score (nSPS) is 14.2. The Labute approximate surface area is 216 Å². The lowest BCUT2D eigenvalue weighted by molar-refractivity contribution is -0.120. The molecule has 0 saturated carbocycles. The van der Waals surface area contributed by atoms with Gasteiger partial charge in [0.2, 0.25) is 5.91 Å². The first-order valence-corrected chi connectivity index (χ1v) is 13.6. The van der Waals surface area contributed by atoms with Crippen LogP contribution in [0.25, 0.3) is 0 Å². The number of nitrogens with zero attached hydrogens (tertiary/aromatic N) is 1. The predicted molar refractivity (Wildman–Crippen MR) is 146 cm³/mol. The van der Waals surface area contributed by atoms with Gasteiger partial charge in [0.25, 0.3) is 0 Å². The molecule has 36 heavy (non-hydrogen) atoms. The first-order valence-electron chi connectivity index (χ1n) is 13.6. The maximum Gasteiger partial charge on any atom is 0.317 e. The van der Waals surface area contributed by atoms with Crippen LogP contribution in [0.3, 0.4) is 0 Å². The number of carbonyl (C=O) groups excluding carboxylic acids is 2. The molecular weight excluding hydrogens is 453 g/mol. The molecule has 0 aromatic heterocycles. The third kappa shape index (κ3) is 10.8. The topological polar surface area (TPSA) is 61.4 Å². The number of hydrogen-bond acceptors (Lipinski definition) is 2. The average molecular weight is 498 g/mol. The SMILES string of the molecule is CCCC.Cc1ccc(C(CCCNC(=O)CNC(=O)N2CCCCCC2)c2ccc(F)cc2)cc1. The summed E-state index contributed by atoms with van der Waals surface area (Å²) in [4.78, 5) is 26.2. The zero-order chi connectivity index (χ0) is 26.2. The second-order valence-corrected chi connectivity index (χ2v) is 9.57. The number of benzene rings is 2. The monoisotopic (exact) mass is 497 g/mol. The van der Waals surface area contributed by atoms with E-state index in [1.165, 1.54) is 36.1 Å². The van der Waals surface area contributed by atoms with Crippen molar-refractivity contribution in [3.8, 4) is 0 Å². The van der Waals surface area contributed by atoms with Gasteiger partial charge in [-0.2, -0.15) is 0 Å². The molecule has 2 N–H and O–H groups in total. The first kappa shape index (κ1) is 29.3. The Bertz CT molecular complexity index is 844. The van der Waals surface area contributed by atoms with Crippen LogP contribution in [0.4, 0.5) is 9.18 Å². The molecule has 1 fully saturated rings. The summed E-state index contributed by atoms with van der Waals surface area (Å²) in [7, 11) is 0. The van der Waals surface area contributed by atoms with Gasteiger partial charge in [-0.15, -0.1) is 0 Å². The predicted octanol–water partition coefficient (Wildman–Crippen LogP) is 6.55. The van der Waals surface area contributed by atoms with Crippen molar-refractivity contribution in [1.29, 1.82) is 0 Å². The summed E-state index contributed by atoms with van der Waals surface area (Å²) in [6.07, 6.45) is 8.61. The highest BCUT2D eigenvalue weighted by molar-refractivity contribution is 5.83. The molecule has 0 spiro atoms. The fourth-order valence-electron chi connectivity index (χ4n) is 4.16. The number of unbranched alkanes of at least 4 members (excludes halogenated alkanes) is 1. The molecule has 0 bridgehead atoms. The minimum Gasteiger partial charge on any atom is -0.355 e. The lowest BCUT2D eigenvalue weighted by Gasteiger charge is -2.20. The number of amides is 3. The van der Waals surface area contributed by atoms with E-state index in [4.69, 9.17) is 0 Å². The number of urea groups is 1. The molecule has 1 heterocycles. The summed E-state index contributed by atoms with van der Waals surface area (Å²) in [5.41, 5.74) is 3.44. The summed E-state index contributed by atoms with van der Waals surface area (Å²) in [6.45, 7) is 8.46. The van der Waals surface area contributed by atoms with Crippen LogP contribution in [0, 0.1) is 12.7 Å². The van der Waals surface area contributed by atoms with Gasteiger partial charge in [-0.05, 0) is 55.9 Å². The highest BCUT2D eigenvalue weighted by Gasteiger charge is 2.17. The van der Waals surface area contributed by atoms with Crippen LogP contribution in [0.1, 0.15) is 87.8 Å². The van der Waals surface area contributed by atoms with Gasteiger partial charge in [0.15, 0.2) is 0 Å². The second kappa shape index (κ2) is 16.7. The molecule has 6 heteroatoms. The fourth-order valence-corrected chi connectivity index (χ4v) is 4.16. The summed E-state index contributed by atoms with van der Waals surface area (Å²) in [5, 5.41) is 5.63. The van der Waals surface area contributed by atoms with Crippen molar-refractivity contribution in [3.63, 3.8) is 0 Å². The molecule has 1 aliphatic rings. The van der Waals surface area contributed by atoms with Gasteiger partial charge in [-0.3, -0.25) is 4.79 Å². The number of halogens is 1. The molecule has 2 aromatic rings. The third-order valence-corrected chi connectivity index (χ3v) is 6.54. The maximum atomic E-state index is 13.4. The molecule has 1 saturated heterocycles. The van der Waals surface area contributed by atoms with Gasteiger partial charge >= 0.3 is 6.03 Å². The Morgan fingerprint density at radius 3 is 1.97 bits per heavy atom. The Kier molecular flexibility index (Phi) is 13.6. The van der Waals surface area contributed by atoms with E-state index in [0.29, 0.717) is 6.54 Å². The van der Waals surface area contributed by atoms with Crippen LogP contribution < -0.4 is 10.6 Å². The lowest BCUT2D eigenvalue weighted by Crippen LogP contribution is -2.44. The van der Waals surface area contributed by atoms with Gasteiger partial charge in [0, 0.05) is 25.6 Å². The van der Waals surface area contributed by atoms with E-state index in [-0.39, 0.29) is 30.2 Å². The van der Waals surface area contributed by atoms with Gasteiger partial charge in [0.1, 0.15) is 5.82 Å². The van der Waals surface area contributed by atoms with Crippen molar-refractivity contribution >= 4 is 11.9 Å². The molecule has 1 aliphatic heterocycles. The lowest BCUT2D eigenvalue weighted by atomic mass is 9.87. The van der Waals surface area contributed by atoms with E-state index >= 15 is 0 Å². The molecule has 198 valence electrons. The van der Waals surface area contributed by atoms with E-state index in [9.17, 15) is 14.0 Å². The van der Waals surface area contributed by atoms with Crippen molar-refractivity contribution in [2.45, 2.75) is 78.1 Å². The third-order valence-electron chi connectivity index (χ3n) is 6.54. The van der Waals surface area contributed by atoms with E-state index in [0.717, 1.165) is 57.2 Å². The molecule has 2 aromatic carbocycles. The van der Waals surface area contributed by atoms with E-state index < -0.39 is 0 Å². The minimum atomic E-state index is -0.245. The number of aryl methyl sites for hydroxylation is 1. The van der Waals surface area contributed by atoms with Crippen LogP contribution in [0.2, 0.25) is 0 Å². The molecule has 1 atom stereocenters. The largest absolute Gasteiger partial charge is 0.355 e. The van der Waals surface area contributed by atoms with Gasteiger partial charge < -0.3 is 15.5 Å². The molecule has 0 aliphatic carbocycles. The van der Waals surface area contributed by atoms with E-state index in [2.05, 4.69) is 55.7 Å². The molecule has 0 radical (unpaired) electrons. The van der Waals surface area contributed by atoms with Gasteiger partial charge in [-0.25, -0.2) is 9.18 Å². The van der Waals surface area contributed by atoms with Crippen molar-refractivity contribution in [3.05, 3.63) is 71.0 Å². The van der Waals surface area contributed by atoms with Crippen LogP contribution in [0.15, 0.2) is 48.5 Å². The Morgan fingerprint density at radius 2 is 1.42 bits per heavy atom. The summed E-state index contributed by atoms with van der Waals surface area (Å²) >= 11 is 0. The molecule has 3 amide bonds. The Hall–Kier alpha value is -2.89. The zero-order valence-corrected chi connectivity index (χ0v) is 22.3.